The van der Waals surface area contributed by atoms with Crippen LogP contribution in [0.5, 0.6) is 0 Å². The monoisotopic (exact) mass is 331 g/mol. The van der Waals surface area contributed by atoms with E-state index in [0.717, 1.165) is 58.9 Å². The van der Waals surface area contributed by atoms with Crippen LogP contribution in [0.3, 0.4) is 0 Å². The Morgan fingerprint density at radius 2 is 0.870 bits per heavy atom. The molecule has 0 fully saturated rings. The lowest BCUT2D eigenvalue weighted by Gasteiger charge is -2.26. The first kappa shape index (κ1) is 22.8. The van der Waals surface area contributed by atoms with Gasteiger partial charge in [-0.05, 0) is 49.2 Å². The molecule has 0 aromatic heterocycles. The van der Waals surface area contributed by atoms with Gasteiger partial charge in [-0.2, -0.15) is 0 Å². The van der Waals surface area contributed by atoms with Crippen LogP contribution >= 0.6 is 0 Å². The Balaban J connectivity index is 3.69. The molecule has 0 saturated carbocycles. The van der Waals surface area contributed by atoms with Gasteiger partial charge in [0.1, 0.15) is 0 Å². The molecule has 6 nitrogen and oxygen atoms in total. The average Bonchev–Trinajstić information content (AvgIpc) is 2.45. The summed E-state index contributed by atoms with van der Waals surface area (Å²) in [4.78, 5) is 11.6. The fourth-order valence-corrected chi connectivity index (χ4v) is 2.27. The predicted octanol–water partition coefficient (Wildman–Crippen LogP) is -0.344. The zero-order valence-electron chi connectivity index (χ0n) is 16.6. The quantitative estimate of drug-likeness (QED) is 0.469. The molecule has 0 aromatic rings. The Hall–Kier alpha value is -0.240. The van der Waals surface area contributed by atoms with Crippen LogP contribution < -0.4 is 0 Å². The fourth-order valence-electron chi connectivity index (χ4n) is 2.27. The number of hydrogen-bond donors (Lipinski definition) is 1. The van der Waals surface area contributed by atoms with Crippen LogP contribution in [0.15, 0.2) is 0 Å². The smallest absolute Gasteiger partial charge is 0.0638 e. The average molecular weight is 332 g/mol. The van der Waals surface area contributed by atoms with Crippen LogP contribution in [0, 0.1) is 0 Å². The summed E-state index contributed by atoms with van der Waals surface area (Å²) in [5, 5.41) is 9.37. The fraction of sp³-hybridized carbons (Fsp3) is 1.00. The van der Waals surface area contributed by atoms with E-state index in [1.165, 1.54) is 0 Å². The summed E-state index contributed by atoms with van der Waals surface area (Å²) in [6, 6.07) is 0. The second-order valence-corrected chi connectivity index (χ2v) is 7.32. The lowest BCUT2D eigenvalue weighted by Crippen LogP contribution is -2.39. The minimum atomic E-state index is -0.249. The molecule has 0 rings (SSSR count). The van der Waals surface area contributed by atoms with Crippen molar-refractivity contribution in [3.05, 3.63) is 0 Å². The summed E-state index contributed by atoms with van der Waals surface area (Å²) in [6.45, 7) is 11.3. The third-order valence-electron chi connectivity index (χ3n) is 4.10. The zero-order chi connectivity index (χ0) is 17.8. The molecule has 6 heteroatoms. The van der Waals surface area contributed by atoms with Crippen molar-refractivity contribution in [1.29, 1.82) is 0 Å². The van der Waals surface area contributed by atoms with Crippen molar-refractivity contribution < 1.29 is 5.11 Å². The minimum Gasteiger partial charge on any atom is -0.392 e. The molecule has 0 saturated heterocycles. The molecule has 1 N–H and O–H groups in total. The Labute approximate surface area is 144 Å². The van der Waals surface area contributed by atoms with Gasteiger partial charge < -0.3 is 29.6 Å². The zero-order valence-corrected chi connectivity index (χ0v) is 16.6. The summed E-state index contributed by atoms with van der Waals surface area (Å²) in [7, 11) is 12.9. The van der Waals surface area contributed by atoms with Crippen molar-refractivity contribution in [3.8, 4) is 0 Å². The SMILES string of the molecule is CC(O)CN(C)CCN(C)CCN(C)CCN(C)CCN(C)C. The standard InChI is InChI=1S/C17H41N5O/c1-17(23)16-22(7)15-14-21(6)13-12-20(5)11-10-19(4)9-8-18(2)3/h17,23H,8-16H2,1-7H3. The summed E-state index contributed by atoms with van der Waals surface area (Å²) in [5.74, 6) is 0. The maximum atomic E-state index is 9.37. The van der Waals surface area contributed by atoms with Crippen molar-refractivity contribution in [2.75, 3.05) is 101 Å². The molecule has 0 heterocycles. The van der Waals surface area contributed by atoms with E-state index in [0.29, 0.717) is 0 Å². The molecule has 0 radical (unpaired) electrons. The van der Waals surface area contributed by atoms with Crippen molar-refractivity contribution in [2.45, 2.75) is 13.0 Å². The van der Waals surface area contributed by atoms with Crippen LogP contribution in [-0.2, 0) is 0 Å². The Morgan fingerprint density at radius 3 is 1.17 bits per heavy atom. The largest absolute Gasteiger partial charge is 0.392 e. The van der Waals surface area contributed by atoms with Gasteiger partial charge >= 0.3 is 0 Å². The molecule has 1 atom stereocenters. The first-order valence-electron chi connectivity index (χ1n) is 8.77. The lowest BCUT2D eigenvalue weighted by atomic mass is 10.3. The van der Waals surface area contributed by atoms with Gasteiger partial charge in [0.15, 0.2) is 0 Å². The second kappa shape index (κ2) is 13.1. The minimum absolute atomic E-state index is 0.249. The highest BCUT2D eigenvalue weighted by molar-refractivity contribution is 4.63. The number of aliphatic hydroxyl groups is 1. The molecule has 0 aromatic carbocycles. The van der Waals surface area contributed by atoms with E-state index >= 15 is 0 Å². The molecule has 0 bridgehead atoms. The molecular weight excluding hydrogens is 290 g/mol. The van der Waals surface area contributed by atoms with Crippen LogP contribution in [0.2, 0.25) is 0 Å². The number of hydrogen-bond acceptors (Lipinski definition) is 6. The van der Waals surface area contributed by atoms with E-state index in [1.807, 2.05) is 6.92 Å². The molecule has 0 aliphatic heterocycles. The first-order valence-corrected chi connectivity index (χ1v) is 8.77. The maximum absolute atomic E-state index is 9.37. The highest BCUT2D eigenvalue weighted by Gasteiger charge is 2.07. The molecule has 0 amide bonds. The van der Waals surface area contributed by atoms with Gasteiger partial charge in [0, 0.05) is 58.9 Å². The number of likely N-dealkylation sites (N-methyl/N-ethyl adjacent to an activating group) is 5. The van der Waals surface area contributed by atoms with E-state index in [9.17, 15) is 5.11 Å². The Bertz CT molecular complexity index is 276. The van der Waals surface area contributed by atoms with E-state index in [4.69, 9.17) is 0 Å². The van der Waals surface area contributed by atoms with Crippen molar-refractivity contribution in [2.24, 2.45) is 0 Å². The van der Waals surface area contributed by atoms with Gasteiger partial charge in [-0.1, -0.05) is 0 Å². The number of rotatable bonds is 14. The molecule has 1 unspecified atom stereocenters. The second-order valence-electron chi connectivity index (χ2n) is 7.32. The Morgan fingerprint density at radius 1 is 0.565 bits per heavy atom. The van der Waals surface area contributed by atoms with Crippen molar-refractivity contribution in [1.82, 2.24) is 24.5 Å². The summed E-state index contributed by atoms with van der Waals surface area (Å²) in [6.07, 6.45) is -0.249. The summed E-state index contributed by atoms with van der Waals surface area (Å²) >= 11 is 0. The normalized spacial score (nSPS) is 14.0. The van der Waals surface area contributed by atoms with Crippen LogP contribution in [-0.4, -0.2) is 137 Å². The molecular formula is C17H41N5O. The van der Waals surface area contributed by atoms with Gasteiger partial charge in [-0.3, -0.25) is 0 Å². The molecule has 23 heavy (non-hydrogen) atoms. The van der Waals surface area contributed by atoms with Gasteiger partial charge in [0.2, 0.25) is 0 Å². The van der Waals surface area contributed by atoms with Gasteiger partial charge in [-0.15, -0.1) is 0 Å². The maximum Gasteiger partial charge on any atom is 0.0638 e. The third kappa shape index (κ3) is 15.1. The summed E-state index contributed by atoms with van der Waals surface area (Å²) < 4.78 is 0. The summed E-state index contributed by atoms with van der Waals surface area (Å²) in [5.41, 5.74) is 0. The molecule has 0 spiro atoms. The van der Waals surface area contributed by atoms with E-state index in [-0.39, 0.29) is 6.10 Å². The number of aliphatic hydroxyl groups excluding tert-OH is 1. The van der Waals surface area contributed by atoms with E-state index < -0.39 is 0 Å². The third-order valence-corrected chi connectivity index (χ3v) is 4.10. The van der Waals surface area contributed by atoms with Crippen molar-refractivity contribution in [3.63, 3.8) is 0 Å². The molecule has 0 aliphatic carbocycles. The van der Waals surface area contributed by atoms with Crippen molar-refractivity contribution >= 4 is 0 Å². The number of nitrogens with zero attached hydrogens (tertiary/aromatic N) is 5. The molecule has 140 valence electrons. The van der Waals surface area contributed by atoms with E-state index in [1.54, 1.807) is 0 Å². The lowest BCUT2D eigenvalue weighted by molar-refractivity contribution is 0.133. The topological polar surface area (TPSA) is 36.4 Å². The van der Waals surface area contributed by atoms with Gasteiger partial charge in [0.25, 0.3) is 0 Å². The predicted molar refractivity (Wildman–Crippen MR) is 100 cm³/mol. The molecule has 0 aliphatic rings. The Kier molecular flexibility index (Phi) is 13.0. The van der Waals surface area contributed by atoms with Crippen LogP contribution in [0.4, 0.5) is 0 Å². The van der Waals surface area contributed by atoms with Gasteiger partial charge in [0.05, 0.1) is 6.10 Å². The van der Waals surface area contributed by atoms with Crippen LogP contribution in [0.25, 0.3) is 0 Å². The van der Waals surface area contributed by atoms with Crippen LogP contribution in [0.1, 0.15) is 6.92 Å². The first-order chi connectivity index (χ1) is 10.7. The highest BCUT2D eigenvalue weighted by Crippen LogP contribution is 1.92. The highest BCUT2D eigenvalue weighted by atomic mass is 16.3. The van der Waals surface area contributed by atoms with Gasteiger partial charge in [-0.25, -0.2) is 0 Å². The van der Waals surface area contributed by atoms with E-state index in [2.05, 4.69) is 66.8 Å².